The summed E-state index contributed by atoms with van der Waals surface area (Å²) < 4.78 is 0. The zero-order valence-corrected chi connectivity index (χ0v) is 13.8. The van der Waals surface area contributed by atoms with E-state index >= 15 is 0 Å². The van der Waals surface area contributed by atoms with Gasteiger partial charge in [0.25, 0.3) is 5.91 Å². The number of phenols is 1. The molecule has 1 amide bonds. The van der Waals surface area contributed by atoms with Gasteiger partial charge in [0.15, 0.2) is 0 Å². The smallest absolute Gasteiger partial charge is 0.256 e. The van der Waals surface area contributed by atoms with E-state index in [0.717, 1.165) is 16.6 Å². The highest BCUT2D eigenvalue weighted by molar-refractivity contribution is 6.05. The van der Waals surface area contributed by atoms with Crippen molar-refractivity contribution in [2.24, 2.45) is 0 Å². The number of para-hydroxylation sites is 3. The quantitative estimate of drug-likeness (QED) is 0.783. The van der Waals surface area contributed by atoms with E-state index in [1.807, 2.05) is 53.4 Å². The molecular weight excluding hydrogens is 314 g/mol. The Labute approximate surface area is 146 Å². The molecule has 0 bridgehead atoms. The van der Waals surface area contributed by atoms with E-state index in [1.165, 1.54) is 0 Å². The molecule has 126 valence electrons. The predicted octanol–water partition coefficient (Wildman–Crippen LogP) is 2.90. The molecule has 1 N–H and O–H groups in total. The van der Waals surface area contributed by atoms with Gasteiger partial charge in [-0.3, -0.25) is 9.78 Å². The van der Waals surface area contributed by atoms with E-state index in [0.29, 0.717) is 31.7 Å². The number of hydrogen-bond acceptors (Lipinski definition) is 4. The molecule has 0 atom stereocenters. The van der Waals surface area contributed by atoms with Crippen molar-refractivity contribution < 1.29 is 9.90 Å². The fourth-order valence-electron chi connectivity index (χ4n) is 3.33. The molecular formula is C20H19N3O2. The third-order valence-corrected chi connectivity index (χ3v) is 4.65. The zero-order valence-electron chi connectivity index (χ0n) is 13.8. The summed E-state index contributed by atoms with van der Waals surface area (Å²) in [5, 5.41) is 11.0. The number of benzene rings is 2. The number of phenolic OH excluding ortho intramolecular Hbond substituents is 1. The topological polar surface area (TPSA) is 56.7 Å². The molecule has 1 fully saturated rings. The van der Waals surface area contributed by atoms with Crippen LogP contribution < -0.4 is 4.90 Å². The van der Waals surface area contributed by atoms with Crippen LogP contribution in [0.5, 0.6) is 5.75 Å². The minimum absolute atomic E-state index is 0.0150. The maximum atomic E-state index is 12.9. The van der Waals surface area contributed by atoms with E-state index in [-0.39, 0.29) is 11.7 Å². The van der Waals surface area contributed by atoms with Crippen LogP contribution in [0.3, 0.4) is 0 Å². The van der Waals surface area contributed by atoms with Crippen LogP contribution in [0.4, 0.5) is 5.69 Å². The number of carbonyl (C=O) groups is 1. The minimum atomic E-state index is 0.0150. The van der Waals surface area contributed by atoms with Gasteiger partial charge in [0.1, 0.15) is 5.75 Å². The molecule has 0 spiro atoms. The van der Waals surface area contributed by atoms with Gasteiger partial charge in [-0.25, -0.2) is 0 Å². The second-order valence-electron chi connectivity index (χ2n) is 6.15. The van der Waals surface area contributed by atoms with Crippen LogP contribution in [0.15, 0.2) is 60.8 Å². The van der Waals surface area contributed by atoms with Crippen molar-refractivity contribution in [3.63, 3.8) is 0 Å². The van der Waals surface area contributed by atoms with Crippen LogP contribution in [0.1, 0.15) is 10.4 Å². The second kappa shape index (κ2) is 6.43. The third kappa shape index (κ3) is 2.89. The van der Waals surface area contributed by atoms with Crippen LogP contribution in [0, 0.1) is 0 Å². The Bertz CT molecular complexity index is 912. The summed E-state index contributed by atoms with van der Waals surface area (Å²) in [5.74, 6) is 0.293. The number of fused-ring (bicyclic) bond motifs is 1. The first kappa shape index (κ1) is 15.4. The van der Waals surface area contributed by atoms with Gasteiger partial charge in [0.2, 0.25) is 0 Å². The Balaban J connectivity index is 1.52. The predicted molar refractivity (Wildman–Crippen MR) is 98.0 cm³/mol. The van der Waals surface area contributed by atoms with E-state index < -0.39 is 0 Å². The average Bonchev–Trinajstić information content (AvgIpc) is 2.67. The minimum Gasteiger partial charge on any atom is -0.506 e. The number of aromatic hydroxyl groups is 1. The molecule has 2 aromatic carbocycles. The van der Waals surface area contributed by atoms with E-state index in [2.05, 4.69) is 9.88 Å². The number of hydrogen-bond donors (Lipinski definition) is 1. The highest BCUT2D eigenvalue weighted by atomic mass is 16.3. The molecule has 1 saturated heterocycles. The molecule has 1 aliphatic rings. The standard InChI is InChI=1S/C20H19N3O2/c24-18-9-2-1-8-17(18)22-11-13-23(14-12-22)20(25)16-7-3-5-15-6-4-10-21-19(15)16/h1-10,24H,11-14H2. The summed E-state index contributed by atoms with van der Waals surface area (Å²) in [7, 11) is 0. The number of aromatic nitrogens is 1. The van der Waals surface area contributed by atoms with Gasteiger partial charge in [-0.15, -0.1) is 0 Å². The highest BCUT2D eigenvalue weighted by Crippen LogP contribution is 2.27. The number of amides is 1. The van der Waals surface area contributed by atoms with Crippen molar-refractivity contribution in [2.75, 3.05) is 31.1 Å². The van der Waals surface area contributed by atoms with Gasteiger partial charge < -0.3 is 14.9 Å². The van der Waals surface area contributed by atoms with Crippen molar-refractivity contribution in [3.8, 4) is 5.75 Å². The number of nitrogens with zero attached hydrogens (tertiary/aromatic N) is 3. The monoisotopic (exact) mass is 333 g/mol. The third-order valence-electron chi connectivity index (χ3n) is 4.65. The molecule has 2 heterocycles. The maximum absolute atomic E-state index is 12.9. The second-order valence-corrected chi connectivity index (χ2v) is 6.15. The molecule has 0 aliphatic carbocycles. The van der Waals surface area contributed by atoms with Crippen LogP contribution in [-0.2, 0) is 0 Å². The Morgan fingerprint density at radius 2 is 1.68 bits per heavy atom. The maximum Gasteiger partial charge on any atom is 0.256 e. The van der Waals surface area contributed by atoms with Crippen LogP contribution in [0.2, 0.25) is 0 Å². The van der Waals surface area contributed by atoms with E-state index in [4.69, 9.17) is 0 Å². The Hall–Kier alpha value is -3.08. The van der Waals surface area contributed by atoms with Gasteiger partial charge in [-0.1, -0.05) is 30.3 Å². The molecule has 5 nitrogen and oxygen atoms in total. The molecule has 5 heteroatoms. The lowest BCUT2D eigenvalue weighted by atomic mass is 10.1. The molecule has 1 aromatic heterocycles. The Morgan fingerprint density at radius 1 is 0.920 bits per heavy atom. The first-order valence-electron chi connectivity index (χ1n) is 8.40. The van der Waals surface area contributed by atoms with Crippen molar-refractivity contribution >= 4 is 22.5 Å². The molecule has 0 radical (unpaired) electrons. The van der Waals surface area contributed by atoms with Gasteiger partial charge in [0, 0.05) is 37.8 Å². The summed E-state index contributed by atoms with van der Waals surface area (Å²) in [5.41, 5.74) is 2.22. The molecule has 0 unspecified atom stereocenters. The van der Waals surface area contributed by atoms with Crippen LogP contribution in [-0.4, -0.2) is 47.1 Å². The Kier molecular flexibility index (Phi) is 3.98. The van der Waals surface area contributed by atoms with Crippen molar-refractivity contribution in [1.29, 1.82) is 0 Å². The zero-order chi connectivity index (χ0) is 17.2. The summed E-state index contributed by atoms with van der Waals surface area (Å²) >= 11 is 0. The summed E-state index contributed by atoms with van der Waals surface area (Å²) in [6.07, 6.45) is 1.72. The lowest BCUT2D eigenvalue weighted by Crippen LogP contribution is -2.48. The number of carbonyl (C=O) groups excluding carboxylic acids is 1. The van der Waals surface area contributed by atoms with Crippen molar-refractivity contribution in [2.45, 2.75) is 0 Å². The fourth-order valence-corrected chi connectivity index (χ4v) is 3.33. The molecule has 4 rings (SSSR count). The van der Waals surface area contributed by atoms with Crippen LogP contribution >= 0.6 is 0 Å². The number of piperazine rings is 1. The largest absolute Gasteiger partial charge is 0.506 e. The summed E-state index contributed by atoms with van der Waals surface area (Å²) in [6, 6.07) is 16.9. The van der Waals surface area contributed by atoms with Gasteiger partial charge >= 0.3 is 0 Å². The summed E-state index contributed by atoms with van der Waals surface area (Å²) in [4.78, 5) is 21.3. The van der Waals surface area contributed by atoms with Gasteiger partial charge in [-0.2, -0.15) is 0 Å². The first-order chi connectivity index (χ1) is 12.2. The normalized spacial score (nSPS) is 14.7. The van der Waals surface area contributed by atoms with E-state index in [9.17, 15) is 9.90 Å². The first-order valence-corrected chi connectivity index (χ1v) is 8.40. The van der Waals surface area contributed by atoms with Crippen molar-refractivity contribution in [1.82, 2.24) is 9.88 Å². The fraction of sp³-hybridized carbons (Fsp3) is 0.200. The lowest BCUT2D eigenvalue weighted by molar-refractivity contribution is 0.0748. The SMILES string of the molecule is O=C(c1cccc2cccnc12)N1CCN(c2ccccc2O)CC1. The molecule has 0 saturated carbocycles. The summed E-state index contributed by atoms with van der Waals surface area (Å²) in [6.45, 7) is 2.63. The van der Waals surface area contributed by atoms with Gasteiger partial charge in [0.05, 0.1) is 16.8 Å². The van der Waals surface area contributed by atoms with Gasteiger partial charge in [-0.05, 0) is 24.3 Å². The Morgan fingerprint density at radius 3 is 2.48 bits per heavy atom. The average molecular weight is 333 g/mol. The molecule has 1 aliphatic heterocycles. The number of rotatable bonds is 2. The lowest BCUT2D eigenvalue weighted by Gasteiger charge is -2.36. The molecule has 25 heavy (non-hydrogen) atoms. The van der Waals surface area contributed by atoms with Crippen molar-refractivity contribution in [3.05, 3.63) is 66.4 Å². The highest BCUT2D eigenvalue weighted by Gasteiger charge is 2.24. The molecule has 3 aromatic rings. The number of pyridine rings is 1. The number of anilines is 1. The van der Waals surface area contributed by atoms with Crippen LogP contribution in [0.25, 0.3) is 10.9 Å². The van der Waals surface area contributed by atoms with E-state index in [1.54, 1.807) is 12.3 Å².